The monoisotopic (exact) mass is 405 g/mol. The number of carbonyl (C=O) groups excluding carboxylic acids is 1. The number of carbonyl (C=O) groups is 1. The van der Waals surface area contributed by atoms with E-state index in [1.54, 1.807) is 30.3 Å². The van der Waals surface area contributed by atoms with Crippen molar-refractivity contribution in [2.24, 2.45) is 12.0 Å². The van der Waals surface area contributed by atoms with Crippen molar-refractivity contribution in [3.63, 3.8) is 0 Å². The summed E-state index contributed by atoms with van der Waals surface area (Å²) in [5.74, 6) is 0.535. The van der Waals surface area contributed by atoms with Crippen molar-refractivity contribution in [1.82, 2.24) is 9.13 Å². The molecule has 2 aromatic carbocycles. The average Bonchev–Trinajstić information content (AvgIpc) is 3.00. The number of anilines is 2. The van der Waals surface area contributed by atoms with Gasteiger partial charge < -0.3 is 15.3 Å². The predicted molar refractivity (Wildman–Crippen MR) is 116 cm³/mol. The number of hydrogen-bond acceptors (Lipinski definition) is 5. The van der Waals surface area contributed by atoms with Crippen molar-refractivity contribution in [3.8, 4) is 5.75 Å². The van der Waals surface area contributed by atoms with Crippen LogP contribution in [-0.4, -0.2) is 32.9 Å². The number of likely N-dealkylation sites (N-methyl/N-ethyl adjacent to an activating group) is 1. The van der Waals surface area contributed by atoms with Crippen molar-refractivity contribution >= 4 is 23.6 Å². The van der Waals surface area contributed by atoms with Crippen LogP contribution in [0.2, 0.25) is 0 Å². The molecule has 30 heavy (non-hydrogen) atoms. The first-order chi connectivity index (χ1) is 14.5. The van der Waals surface area contributed by atoms with Crippen LogP contribution in [0.25, 0.3) is 0 Å². The molecule has 1 aliphatic rings. The van der Waals surface area contributed by atoms with Gasteiger partial charge in [-0.1, -0.05) is 30.3 Å². The van der Waals surface area contributed by atoms with E-state index in [2.05, 4.69) is 10.3 Å². The van der Waals surface area contributed by atoms with Crippen LogP contribution >= 0.6 is 0 Å². The van der Waals surface area contributed by atoms with Gasteiger partial charge in [0.2, 0.25) is 5.91 Å². The summed E-state index contributed by atoms with van der Waals surface area (Å²) in [4.78, 5) is 31.9. The van der Waals surface area contributed by atoms with Gasteiger partial charge in [-0.25, -0.2) is 4.79 Å². The molecule has 4 rings (SSSR count). The van der Waals surface area contributed by atoms with E-state index >= 15 is 0 Å². The normalized spacial score (nSPS) is 14.8. The topological polar surface area (TPSA) is 91.9 Å². The molecule has 0 aliphatic carbocycles. The number of aliphatic imine (C=N–C) groups is 1. The Morgan fingerprint density at radius 1 is 1.17 bits per heavy atom. The molecule has 0 saturated carbocycles. The Balaban J connectivity index is 1.62. The van der Waals surface area contributed by atoms with E-state index in [0.717, 1.165) is 5.56 Å². The Hall–Kier alpha value is -3.81. The van der Waals surface area contributed by atoms with Crippen LogP contribution in [0.15, 0.2) is 64.4 Å². The number of benzene rings is 2. The number of fused-ring (bicyclic) bond motifs is 1. The van der Waals surface area contributed by atoms with Crippen LogP contribution in [0.4, 0.5) is 11.5 Å². The summed E-state index contributed by atoms with van der Waals surface area (Å²) in [6.45, 7) is 2.19. The molecule has 2 heterocycles. The number of phenols is 1. The Bertz CT molecular complexity index is 1150. The first-order valence-corrected chi connectivity index (χ1v) is 9.73. The molecule has 154 valence electrons. The summed E-state index contributed by atoms with van der Waals surface area (Å²) in [7, 11) is 1.67. The Morgan fingerprint density at radius 3 is 2.53 bits per heavy atom. The second kappa shape index (κ2) is 7.90. The van der Waals surface area contributed by atoms with Crippen molar-refractivity contribution < 1.29 is 9.90 Å². The Kier molecular flexibility index (Phi) is 5.14. The summed E-state index contributed by atoms with van der Waals surface area (Å²) in [6, 6.07) is 16.2. The standard InChI is InChI=1S/C22H23N5O3/c1-3-26(16-9-11-17(28)12-10-16)19(29)14-27-18-13-23-20(15-7-5-4-6-8-15)24-21(18)25(2)22(27)30/h4-13,20,24,28H,3,14H2,1-2H3. The second-order valence-corrected chi connectivity index (χ2v) is 7.05. The second-order valence-electron chi connectivity index (χ2n) is 7.05. The molecular weight excluding hydrogens is 382 g/mol. The first kappa shape index (κ1) is 19.5. The predicted octanol–water partition coefficient (Wildman–Crippen LogP) is 2.49. The van der Waals surface area contributed by atoms with Gasteiger partial charge in [-0.05, 0) is 36.8 Å². The first-order valence-electron chi connectivity index (χ1n) is 9.73. The molecule has 0 spiro atoms. The number of nitrogens with one attached hydrogen (secondary N) is 1. The molecule has 1 aromatic heterocycles. The third-order valence-corrected chi connectivity index (χ3v) is 5.19. The minimum Gasteiger partial charge on any atom is -0.508 e. The zero-order valence-electron chi connectivity index (χ0n) is 16.8. The number of imidazole rings is 1. The van der Waals surface area contributed by atoms with Crippen molar-refractivity contribution in [2.75, 3.05) is 16.8 Å². The Labute approximate surface area is 173 Å². The van der Waals surface area contributed by atoms with Crippen molar-refractivity contribution in [1.29, 1.82) is 0 Å². The zero-order valence-corrected chi connectivity index (χ0v) is 16.8. The lowest BCUT2D eigenvalue weighted by Crippen LogP contribution is -2.37. The summed E-state index contributed by atoms with van der Waals surface area (Å²) in [6.07, 6.45) is 1.36. The van der Waals surface area contributed by atoms with E-state index in [9.17, 15) is 14.7 Å². The molecule has 8 heteroatoms. The number of phenolic OH excluding ortho intramolecular Hbond substituents is 1. The van der Waals surface area contributed by atoms with Gasteiger partial charge in [0.15, 0.2) is 0 Å². The SMILES string of the molecule is CCN(C(=O)Cn1c2c(n(C)c1=O)NC(c1ccccc1)N=C2)c1ccc(O)cc1. The van der Waals surface area contributed by atoms with Gasteiger partial charge in [0.1, 0.15) is 30.0 Å². The van der Waals surface area contributed by atoms with E-state index in [0.29, 0.717) is 23.7 Å². The maximum atomic E-state index is 13.0. The summed E-state index contributed by atoms with van der Waals surface area (Å²) >= 11 is 0. The van der Waals surface area contributed by atoms with Gasteiger partial charge in [-0.3, -0.25) is 18.9 Å². The smallest absolute Gasteiger partial charge is 0.330 e. The van der Waals surface area contributed by atoms with Gasteiger partial charge in [0, 0.05) is 19.3 Å². The molecular formula is C22H23N5O3. The number of aromatic hydroxyl groups is 1. The maximum Gasteiger partial charge on any atom is 0.330 e. The fourth-order valence-electron chi connectivity index (χ4n) is 3.61. The molecule has 0 fully saturated rings. The molecule has 1 unspecified atom stereocenters. The quantitative estimate of drug-likeness (QED) is 0.682. The lowest BCUT2D eigenvalue weighted by molar-refractivity contribution is -0.119. The van der Waals surface area contributed by atoms with Crippen LogP contribution < -0.4 is 15.9 Å². The minimum atomic E-state index is -0.292. The summed E-state index contributed by atoms with van der Waals surface area (Å²) < 4.78 is 2.93. The van der Waals surface area contributed by atoms with Gasteiger partial charge in [-0.15, -0.1) is 0 Å². The summed E-state index contributed by atoms with van der Waals surface area (Å²) in [5.41, 5.74) is 1.93. The fraction of sp³-hybridized carbons (Fsp3) is 0.227. The molecule has 1 aliphatic heterocycles. The van der Waals surface area contributed by atoms with Crippen LogP contribution in [0.5, 0.6) is 5.75 Å². The molecule has 3 aromatic rings. The highest BCUT2D eigenvalue weighted by Crippen LogP contribution is 2.26. The largest absolute Gasteiger partial charge is 0.508 e. The van der Waals surface area contributed by atoms with E-state index < -0.39 is 0 Å². The lowest BCUT2D eigenvalue weighted by Gasteiger charge is -2.23. The summed E-state index contributed by atoms with van der Waals surface area (Å²) in [5, 5.41) is 12.8. The third-order valence-electron chi connectivity index (χ3n) is 5.19. The van der Waals surface area contributed by atoms with E-state index in [-0.39, 0.29) is 30.1 Å². The van der Waals surface area contributed by atoms with Crippen LogP contribution in [0.3, 0.4) is 0 Å². The number of aromatic nitrogens is 2. The van der Waals surface area contributed by atoms with Crippen molar-refractivity contribution in [2.45, 2.75) is 19.6 Å². The molecule has 8 nitrogen and oxygen atoms in total. The van der Waals surface area contributed by atoms with Gasteiger partial charge in [0.25, 0.3) is 0 Å². The Morgan fingerprint density at radius 2 is 1.87 bits per heavy atom. The zero-order chi connectivity index (χ0) is 21.3. The van der Waals surface area contributed by atoms with Crippen LogP contribution in [0, 0.1) is 0 Å². The highest BCUT2D eigenvalue weighted by molar-refractivity contribution is 5.94. The molecule has 0 saturated heterocycles. The van der Waals surface area contributed by atoms with E-state index in [4.69, 9.17) is 0 Å². The highest BCUT2D eigenvalue weighted by atomic mass is 16.3. The van der Waals surface area contributed by atoms with E-state index in [1.165, 1.54) is 21.3 Å². The molecule has 0 bridgehead atoms. The number of nitrogens with zero attached hydrogens (tertiary/aromatic N) is 4. The molecule has 1 amide bonds. The van der Waals surface area contributed by atoms with E-state index in [1.807, 2.05) is 37.3 Å². The molecule has 2 N–H and O–H groups in total. The van der Waals surface area contributed by atoms with Crippen LogP contribution in [-0.2, 0) is 18.4 Å². The minimum absolute atomic E-state index is 0.111. The maximum absolute atomic E-state index is 13.0. The number of amides is 1. The number of hydrogen-bond donors (Lipinski definition) is 2. The average molecular weight is 405 g/mol. The fourth-order valence-corrected chi connectivity index (χ4v) is 3.61. The molecule has 1 atom stereocenters. The third kappa shape index (κ3) is 3.47. The van der Waals surface area contributed by atoms with Gasteiger partial charge in [0.05, 0.1) is 6.21 Å². The molecule has 0 radical (unpaired) electrons. The van der Waals surface area contributed by atoms with Crippen LogP contribution in [0.1, 0.15) is 24.3 Å². The highest BCUT2D eigenvalue weighted by Gasteiger charge is 2.26. The van der Waals surface area contributed by atoms with Crippen molar-refractivity contribution in [3.05, 3.63) is 76.3 Å². The van der Waals surface area contributed by atoms with Gasteiger partial charge >= 0.3 is 5.69 Å². The lowest BCUT2D eigenvalue weighted by atomic mass is 10.1. The van der Waals surface area contributed by atoms with Gasteiger partial charge in [-0.2, -0.15) is 0 Å². The number of rotatable bonds is 5.